The Balaban J connectivity index is 1.81. The minimum Gasteiger partial charge on any atom is -0.487 e. The van der Waals surface area contributed by atoms with Crippen molar-refractivity contribution < 1.29 is 22.3 Å². The van der Waals surface area contributed by atoms with Gasteiger partial charge in [-0.15, -0.1) is 0 Å². The lowest BCUT2D eigenvalue weighted by atomic mass is 9.89. The van der Waals surface area contributed by atoms with E-state index in [9.17, 15) is 17.6 Å². The van der Waals surface area contributed by atoms with E-state index in [2.05, 4.69) is 5.32 Å². The molecule has 0 spiro atoms. The largest absolute Gasteiger partial charge is 0.487 e. The number of ether oxygens (including phenoxy) is 1. The Labute approximate surface area is 183 Å². The van der Waals surface area contributed by atoms with Crippen LogP contribution in [0.1, 0.15) is 44.4 Å². The maximum absolute atomic E-state index is 14.0. The fourth-order valence-corrected chi connectivity index (χ4v) is 5.02. The molecule has 1 atom stereocenters. The third-order valence-electron chi connectivity index (χ3n) is 5.35. The van der Waals surface area contributed by atoms with Gasteiger partial charge in [-0.1, -0.05) is 30.3 Å². The average molecular weight is 449 g/mol. The number of nitrogens with zero attached hydrogens (tertiary/aromatic N) is 1. The summed E-state index contributed by atoms with van der Waals surface area (Å²) in [6.07, 6.45) is 0.950. The summed E-state index contributed by atoms with van der Waals surface area (Å²) in [5.74, 6) is -0.598. The number of hydrogen-bond acceptors (Lipinski definition) is 4. The molecule has 6 nitrogen and oxygen atoms in total. The van der Waals surface area contributed by atoms with Gasteiger partial charge in [0.25, 0.3) is 0 Å². The number of halogens is 1. The van der Waals surface area contributed by atoms with Crippen LogP contribution in [0.15, 0.2) is 48.5 Å². The zero-order valence-electron chi connectivity index (χ0n) is 18.1. The van der Waals surface area contributed by atoms with Gasteiger partial charge in [0.1, 0.15) is 17.2 Å². The van der Waals surface area contributed by atoms with E-state index in [1.165, 1.54) is 29.4 Å². The van der Waals surface area contributed by atoms with E-state index in [0.717, 1.165) is 5.56 Å². The van der Waals surface area contributed by atoms with Crippen LogP contribution in [0.5, 0.6) is 5.75 Å². The minimum atomic E-state index is -3.74. The molecule has 31 heavy (non-hydrogen) atoms. The fourth-order valence-electron chi connectivity index (χ4n) is 3.80. The van der Waals surface area contributed by atoms with Crippen molar-refractivity contribution in [2.24, 2.45) is 0 Å². The van der Waals surface area contributed by atoms with Gasteiger partial charge in [0, 0.05) is 18.5 Å². The van der Waals surface area contributed by atoms with Crippen LogP contribution in [0.2, 0.25) is 0 Å². The van der Waals surface area contributed by atoms with Crippen molar-refractivity contribution >= 4 is 15.9 Å². The highest BCUT2D eigenvalue weighted by atomic mass is 32.2. The molecule has 0 saturated carbocycles. The van der Waals surface area contributed by atoms with Crippen LogP contribution in [0.3, 0.4) is 0 Å². The van der Waals surface area contributed by atoms with E-state index in [0.29, 0.717) is 30.7 Å². The first-order valence-electron chi connectivity index (χ1n) is 10.4. The SMILES string of the molecule is CCS(=O)(=O)N(CC(=O)NCCc1ccccc1)C1CC(C)(C)Oc2ccc(F)cc21. The smallest absolute Gasteiger partial charge is 0.235 e. The average Bonchev–Trinajstić information content (AvgIpc) is 2.72. The van der Waals surface area contributed by atoms with Crippen molar-refractivity contribution in [3.63, 3.8) is 0 Å². The predicted octanol–water partition coefficient (Wildman–Crippen LogP) is 3.44. The normalized spacial score (nSPS) is 17.6. The maximum Gasteiger partial charge on any atom is 0.235 e. The van der Waals surface area contributed by atoms with Crippen LogP contribution in [-0.2, 0) is 21.2 Å². The van der Waals surface area contributed by atoms with E-state index in [1.807, 2.05) is 44.2 Å². The van der Waals surface area contributed by atoms with Crippen LogP contribution >= 0.6 is 0 Å². The molecule has 1 heterocycles. The standard InChI is InChI=1S/C23H29FN2O4S/c1-4-31(28,29)26(16-22(27)25-13-12-17-8-6-5-7-9-17)20-15-23(2,3)30-21-11-10-18(24)14-19(20)21/h5-11,14,20H,4,12-13,15-16H2,1-3H3,(H,25,27). The Morgan fingerprint density at radius 3 is 2.61 bits per heavy atom. The first-order valence-corrected chi connectivity index (χ1v) is 12.0. The first kappa shape index (κ1) is 23.2. The van der Waals surface area contributed by atoms with Gasteiger partial charge < -0.3 is 10.1 Å². The Morgan fingerprint density at radius 2 is 1.94 bits per heavy atom. The number of rotatable bonds is 8. The molecule has 1 unspecified atom stereocenters. The molecule has 0 radical (unpaired) electrons. The lowest BCUT2D eigenvalue weighted by molar-refractivity contribution is -0.121. The number of hydrogen-bond donors (Lipinski definition) is 1. The van der Waals surface area contributed by atoms with E-state index in [1.54, 1.807) is 0 Å². The zero-order valence-corrected chi connectivity index (χ0v) is 18.9. The summed E-state index contributed by atoms with van der Waals surface area (Å²) in [6.45, 7) is 5.30. The van der Waals surface area contributed by atoms with Crippen LogP contribution < -0.4 is 10.1 Å². The molecule has 0 aromatic heterocycles. The van der Waals surface area contributed by atoms with E-state index >= 15 is 0 Å². The number of fused-ring (bicyclic) bond motifs is 1. The second kappa shape index (κ2) is 9.36. The van der Waals surface area contributed by atoms with Crippen molar-refractivity contribution in [3.8, 4) is 5.75 Å². The summed E-state index contributed by atoms with van der Waals surface area (Å²) in [5, 5.41) is 2.80. The molecule has 1 N–H and O–H groups in total. The molecule has 2 aromatic carbocycles. The van der Waals surface area contributed by atoms with E-state index in [4.69, 9.17) is 4.74 Å². The highest BCUT2D eigenvalue weighted by molar-refractivity contribution is 7.89. The van der Waals surface area contributed by atoms with Crippen molar-refractivity contribution in [3.05, 3.63) is 65.5 Å². The Hall–Kier alpha value is -2.45. The lowest BCUT2D eigenvalue weighted by Gasteiger charge is -2.41. The van der Waals surface area contributed by atoms with E-state index < -0.39 is 33.4 Å². The quantitative estimate of drug-likeness (QED) is 0.671. The number of sulfonamides is 1. The number of benzene rings is 2. The van der Waals surface area contributed by atoms with Crippen LogP contribution in [0.25, 0.3) is 0 Å². The molecule has 0 saturated heterocycles. The van der Waals surface area contributed by atoms with Crippen molar-refractivity contribution in [1.82, 2.24) is 9.62 Å². The molecule has 0 fully saturated rings. The molecule has 3 rings (SSSR count). The fraction of sp³-hybridized carbons (Fsp3) is 0.435. The van der Waals surface area contributed by atoms with Crippen molar-refractivity contribution in [1.29, 1.82) is 0 Å². The van der Waals surface area contributed by atoms with Gasteiger partial charge >= 0.3 is 0 Å². The third-order valence-corrected chi connectivity index (χ3v) is 7.18. The summed E-state index contributed by atoms with van der Waals surface area (Å²) in [4.78, 5) is 12.7. The summed E-state index contributed by atoms with van der Waals surface area (Å²) in [5.41, 5.74) is 0.853. The maximum atomic E-state index is 14.0. The number of carbonyl (C=O) groups excluding carboxylic acids is 1. The topological polar surface area (TPSA) is 75.7 Å². The number of carbonyl (C=O) groups is 1. The summed E-state index contributed by atoms with van der Waals surface area (Å²) in [7, 11) is -3.74. The minimum absolute atomic E-state index is 0.160. The third kappa shape index (κ3) is 5.83. The zero-order chi connectivity index (χ0) is 22.6. The second-order valence-electron chi connectivity index (χ2n) is 8.30. The summed E-state index contributed by atoms with van der Waals surface area (Å²) in [6, 6.07) is 13.1. The predicted molar refractivity (Wildman–Crippen MR) is 118 cm³/mol. The summed E-state index contributed by atoms with van der Waals surface area (Å²) >= 11 is 0. The molecule has 168 valence electrons. The Bertz CT molecular complexity index is 1030. The molecular formula is C23H29FN2O4S. The highest BCUT2D eigenvalue weighted by Crippen LogP contribution is 2.43. The van der Waals surface area contributed by atoms with Crippen molar-refractivity contribution in [2.45, 2.75) is 45.3 Å². The van der Waals surface area contributed by atoms with Crippen molar-refractivity contribution in [2.75, 3.05) is 18.8 Å². The van der Waals surface area contributed by atoms with Gasteiger partial charge in [-0.3, -0.25) is 4.79 Å². The molecule has 1 aliphatic heterocycles. The highest BCUT2D eigenvalue weighted by Gasteiger charge is 2.41. The monoisotopic (exact) mass is 448 g/mol. The molecule has 8 heteroatoms. The molecule has 1 aliphatic rings. The van der Waals surface area contributed by atoms with Gasteiger partial charge in [-0.05, 0) is 51.0 Å². The molecule has 0 bridgehead atoms. The van der Waals surface area contributed by atoms with Gasteiger partial charge in [0.2, 0.25) is 15.9 Å². The van der Waals surface area contributed by atoms with Gasteiger partial charge in [0.15, 0.2) is 0 Å². The number of nitrogens with one attached hydrogen (secondary N) is 1. The number of amides is 1. The molecule has 1 amide bonds. The first-order chi connectivity index (χ1) is 14.6. The Morgan fingerprint density at radius 1 is 1.23 bits per heavy atom. The molecule has 2 aromatic rings. The van der Waals surface area contributed by atoms with Crippen LogP contribution in [0.4, 0.5) is 4.39 Å². The molecular weight excluding hydrogens is 419 g/mol. The second-order valence-corrected chi connectivity index (χ2v) is 10.5. The van der Waals surface area contributed by atoms with Crippen LogP contribution in [-0.4, -0.2) is 43.1 Å². The van der Waals surface area contributed by atoms with E-state index in [-0.39, 0.29) is 12.3 Å². The molecule has 0 aliphatic carbocycles. The van der Waals surface area contributed by atoms with Crippen LogP contribution in [0, 0.1) is 5.82 Å². The Kier molecular flexibility index (Phi) is 7.01. The van der Waals surface area contributed by atoms with Gasteiger partial charge in [-0.25, -0.2) is 12.8 Å². The lowest BCUT2D eigenvalue weighted by Crippen LogP contribution is -2.48. The summed E-state index contributed by atoms with van der Waals surface area (Å²) < 4.78 is 47.0. The van der Waals surface area contributed by atoms with Gasteiger partial charge in [-0.2, -0.15) is 4.31 Å². The van der Waals surface area contributed by atoms with Gasteiger partial charge in [0.05, 0.1) is 18.3 Å².